The molecule has 0 fully saturated rings. The average Bonchev–Trinajstić information content (AvgIpc) is 2.46. The zero-order valence-electron chi connectivity index (χ0n) is 11.5. The normalized spacial score (nSPS) is 11.8. The summed E-state index contributed by atoms with van der Waals surface area (Å²) in [5, 5.41) is 23.0. The van der Waals surface area contributed by atoms with Gasteiger partial charge in [-0.3, -0.25) is 0 Å². The zero-order valence-corrected chi connectivity index (χ0v) is 13.2. The molecule has 1 unspecified atom stereocenters. The minimum absolute atomic E-state index is 0.0231. The van der Waals surface area contributed by atoms with Gasteiger partial charge in [-0.15, -0.1) is 0 Å². The van der Waals surface area contributed by atoms with Gasteiger partial charge in [-0.25, -0.2) is 0 Å². The van der Waals surface area contributed by atoms with Crippen molar-refractivity contribution >= 4 is 27.7 Å². The van der Waals surface area contributed by atoms with E-state index >= 15 is 0 Å². The van der Waals surface area contributed by atoms with Crippen LogP contribution in [0.1, 0.15) is 5.56 Å². The molecule has 9 heteroatoms. The van der Waals surface area contributed by atoms with Crippen molar-refractivity contribution in [2.75, 3.05) is 14.2 Å². The fourth-order valence-electron chi connectivity index (χ4n) is 1.67. The first-order chi connectivity index (χ1) is 9.94. The number of hydrogen-bond donors (Lipinski definition) is 2. The third kappa shape index (κ3) is 4.32. The van der Waals surface area contributed by atoms with Crippen molar-refractivity contribution < 1.29 is 24.3 Å². The van der Waals surface area contributed by atoms with Gasteiger partial charge in [0.1, 0.15) is 0 Å². The number of carbonyl (C=O) groups is 1. The second-order valence-electron chi connectivity index (χ2n) is 4.03. The summed E-state index contributed by atoms with van der Waals surface area (Å²) in [6.45, 7) is 0.0231. The Hall–Kier alpha value is -1.83. The quantitative estimate of drug-likeness (QED) is 0.399. The molecule has 115 valence electrons. The van der Waals surface area contributed by atoms with Gasteiger partial charge in [0.25, 0.3) is 0 Å². The number of hydrogen-bond acceptors (Lipinski definition) is 6. The molecule has 1 aromatic carbocycles. The van der Waals surface area contributed by atoms with Gasteiger partial charge in [0, 0.05) is 0 Å². The van der Waals surface area contributed by atoms with Crippen LogP contribution in [0.4, 0.5) is 5.69 Å². The molecular weight excluding hydrogens is 347 g/mol. The minimum atomic E-state index is -1.03. The molecular formula is C12H15N2O6Se. The van der Waals surface area contributed by atoms with Gasteiger partial charge in [-0.1, -0.05) is 0 Å². The molecule has 1 aromatic rings. The predicted octanol–water partition coefficient (Wildman–Crippen LogP) is 0.742. The summed E-state index contributed by atoms with van der Waals surface area (Å²) in [7, 11) is 2.80. The summed E-state index contributed by atoms with van der Waals surface area (Å²) in [4.78, 5) is 21.5. The van der Waals surface area contributed by atoms with Crippen molar-refractivity contribution in [1.82, 2.24) is 5.32 Å². The molecule has 0 spiro atoms. The van der Waals surface area contributed by atoms with Gasteiger partial charge >= 0.3 is 129 Å². The molecule has 1 atom stereocenters. The SMILES string of the molecule is COc1cc(CNC(C[Se])C(=O)O)c([N+](=O)[O-])cc1OC. The molecule has 1 radical (unpaired) electrons. The first kappa shape index (κ1) is 17.2. The number of ether oxygens (including phenoxy) is 2. The molecule has 1 rings (SSSR count). The molecule has 0 aliphatic rings. The Balaban J connectivity index is 3.09. The second kappa shape index (κ2) is 7.82. The van der Waals surface area contributed by atoms with Crippen molar-refractivity contribution in [1.29, 1.82) is 0 Å². The van der Waals surface area contributed by atoms with E-state index in [1.54, 1.807) is 0 Å². The number of rotatable bonds is 8. The van der Waals surface area contributed by atoms with Crippen molar-refractivity contribution in [3.8, 4) is 11.5 Å². The maximum absolute atomic E-state index is 11.1. The Morgan fingerprint density at radius 2 is 2.00 bits per heavy atom. The number of nitro benzene ring substituents is 1. The number of carboxylic acid groups (broad SMARTS) is 1. The van der Waals surface area contributed by atoms with Gasteiger partial charge in [0.05, 0.1) is 0 Å². The zero-order chi connectivity index (χ0) is 16.0. The third-order valence-corrected chi connectivity index (χ3v) is 3.48. The Morgan fingerprint density at radius 3 is 2.43 bits per heavy atom. The molecule has 0 saturated carbocycles. The van der Waals surface area contributed by atoms with Crippen LogP contribution in [0.25, 0.3) is 0 Å². The molecule has 0 amide bonds. The molecule has 8 nitrogen and oxygen atoms in total. The van der Waals surface area contributed by atoms with Gasteiger partial charge in [-0.05, 0) is 0 Å². The van der Waals surface area contributed by atoms with Crippen LogP contribution >= 0.6 is 0 Å². The molecule has 0 aromatic heterocycles. The number of nitrogens with zero attached hydrogens (tertiary/aromatic N) is 1. The van der Waals surface area contributed by atoms with Crippen molar-refractivity contribution in [3.05, 3.63) is 27.8 Å². The Kier molecular flexibility index (Phi) is 6.41. The summed E-state index contributed by atoms with van der Waals surface area (Å²) in [6.07, 6.45) is 0. The second-order valence-corrected chi connectivity index (χ2v) is 4.73. The number of nitrogens with one attached hydrogen (secondary N) is 1. The molecule has 0 saturated heterocycles. The summed E-state index contributed by atoms with van der Waals surface area (Å²) >= 11 is 2.62. The van der Waals surface area contributed by atoms with E-state index in [0.717, 1.165) is 0 Å². The molecule has 2 N–H and O–H groups in total. The number of benzene rings is 1. The third-order valence-electron chi connectivity index (χ3n) is 2.79. The van der Waals surface area contributed by atoms with Crippen LogP contribution in [0.5, 0.6) is 11.5 Å². The molecule has 0 aliphatic carbocycles. The van der Waals surface area contributed by atoms with Crippen LogP contribution in [0, 0.1) is 10.1 Å². The predicted molar refractivity (Wildman–Crippen MR) is 75.0 cm³/mol. The summed E-state index contributed by atoms with van der Waals surface area (Å²) < 4.78 is 10.1. The van der Waals surface area contributed by atoms with Gasteiger partial charge in [0.2, 0.25) is 0 Å². The molecule has 21 heavy (non-hydrogen) atoms. The Labute approximate surface area is 129 Å². The average molecular weight is 362 g/mol. The molecule has 0 heterocycles. The summed E-state index contributed by atoms with van der Waals surface area (Å²) in [6, 6.07) is 1.89. The van der Waals surface area contributed by atoms with E-state index in [1.165, 1.54) is 26.4 Å². The van der Waals surface area contributed by atoms with Crippen LogP contribution in [-0.2, 0) is 11.3 Å². The van der Waals surface area contributed by atoms with E-state index < -0.39 is 16.9 Å². The number of methoxy groups -OCH3 is 2. The standard InChI is InChI=1S/C12H15N2O6Se/c1-19-10-3-7(5-13-8(6-21)12(15)16)9(14(17)18)4-11(10)20-2/h3-4,8,13H,5-6H2,1-2H3,(H,15,16). The van der Waals surface area contributed by atoms with Crippen LogP contribution in [-0.4, -0.2) is 52.3 Å². The van der Waals surface area contributed by atoms with Gasteiger partial charge < -0.3 is 0 Å². The van der Waals surface area contributed by atoms with E-state index in [4.69, 9.17) is 14.6 Å². The van der Waals surface area contributed by atoms with E-state index in [0.29, 0.717) is 11.3 Å². The fraction of sp³-hybridized carbons (Fsp3) is 0.417. The van der Waals surface area contributed by atoms with Crippen molar-refractivity contribution in [2.24, 2.45) is 0 Å². The monoisotopic (exact) mass is 363 g/mol. The number of nitro groups is 1. The molecule has 0 aliphatic heterocycles. The van der Waals surface area contributed by atoms with Crippen molar-refractivity contribution in [2.45, 2.75) is 17.9 Å². The number of carboxylic acids is 1. The summed E-state index contributed by atoms with van der Waals surface area (Å²) in [5.41, 5.74) is 0.154. The van der Waals surface area contributed by atoms with Gasteiger partial charge in [0.15, 0.2) is 0 Å². The van der Waals surface area contributed by atoms with E-state index in [2.05, 4.69) is 21.3 Å². The topological polar surface area (TPSA) is 111 Å². The first-order valence-electron chi connectivity index (χ1n) is 5.88. The van der Waals surface area contributed by atoms with E-state index in [1.807, 2.05) is 0 Å². The maximum atomic E-state index is 11.1. The van der Waals surface area contributed by atoms with Crippen LogP contribution in [0.15, 0.2) is 12.1 Å². The fourth-order valence-corrected chi connectivity index (χ4v) is 2.22. The Morgan fingerprint density at radius 1 is 1.43 bits per heavy atom. The van der Waals surface area contributed by atoms with Crippen molar-refractivity contribution in [3.63, 3.8) is 0 Å². The van der Waals surface area contributed by atoms with E-state index in [-0.39, 0.29) is 23.3 Å². The summed E-state index contributed by atoms with van der Waals surface area (Å²) in [5.74, 6) is -0.446. The van der Waals surface area contributed by atoms with Crippen LogP contribution in [0.2, 0.25) is 5.32 Å². The molecule has 0 bridgehead atoms. The Bertz CT molecular complexity index is 537. The van der Waals surface area contributed by atoms with Gasteiger partial charge in [-0.2, -0.15) is 0 Å². The van der Waals surface area contributed by atoms with Crippen LogP contribution in [0.3, 0.4) is 0 Å². The van der Waals surface area contributed by atoms with Crippen LogP contribution < -0.4 is 14.8 Å². The van der Waals surface area contributed by atoms with E-state index in [9.17, 15) is 14.9 Å². The first-order valence-corrected chi connectivity index (χ1v) is 7.09. The number of aliphatic carboxylic acids is 1.